The molecular weight excluding hydrogens is 397 g/mol. The minimum absolute atomic E-state index is 0.141. The Bertz CT molecular complexity index is 919. The smallest absolute Gasteiger partial charge is 0.225 e. The molecule has 1 atom stereocenters. The van der Waals surface area contributed by atoms with Crippen LogP contribution >= 0.6 is 0 Å². The molecule has 0 radical (unpaired) electrons. The highest BCUT2D eigenvalue weighted by Crippen LogP contribution is 2.34. The molecule has 3 rings (SSSR count). The SMILES string of the molecule is CC(C)C(NC(=O)Cc1c(F)c(F)c(F)c(F)c1F)c1ccc2c(c1)OCCO2. The lowest BCUT2D eigenvalue weighted by atomic mass is 9.95. The Balaban J connectivity index is 1.83. The minimum atomic E-state index is -2.26. The summed E-state index contributed by atoms with van der Waals surface area (Å²) in [4.78, 5) is 12.4. The number of benzene rings is 2. The molecule has 4 nitrogen and oxygen atoms in total. The van der Waals surface area contributed by atoms with Crippen LogP contribution in [-0.4, -0.2) is 19.1 Å². The second-order valence-electron chi connectivity index (χ2n) is 6.92. The lowest BCUT2D eigenvalue weighted by Crippen LogP contribution is -2.33. The van der Waals surface area contributed by atoms with Gasteiger partial charge in [-0.2, -0.15) is 0 Å². The maximum atomic E-state index is 13.8. The van der Waals surface area contributed by atoms with Crippen LogP contribution in [0.15, 0.2) is 18.2 Å². The van der Waals surface area contributed by atoms with E-state index in [1.165, 1.54) is 0 Å². The van der Waals surface area contributed by atoms with Crippen molar-refractivity contribution in [1.29, 1.82) is 0 Å². The number of hydrogen-bond donors (Lipinski definition) is 1. The third-order valence-corrected chi connectivity index (χ3v) is 4.55. The maximum absolute atomic E-state index is 13.8. The average molecular weight is 415 g/mol. The summed E-state index contributed by atoms with van der Waals surface area (Å²) >= 11 is 0. The molecular formula is C20H18F5NO3. The van der Waals surface area contributed by atoms with Gasteiger partial charge in [0.1, 0.15) is 13.2 Å². The first-order chi connectivity index (χ1) is 13.7. The van der Waals surface area contributed by atoms with E-state index in [0.717, 1.165) is 0 Å². The van der Waals surface area contributed by atoms with E-state index in [0.29, 0.717) is 30.3 Å². The van der Waals surface area contributed by atoms with Gasteiger partial charge < -0.3 is 14.8 Å². The van der Waals surface area contributed by atoms with Crippen molar-refractivity contribution in [2.24, 2.45) is 5.92 Å². The molecule has 1 aliphatic heterocycles. The lowest BCUT2D eigenvalue weighted by Gasteiger charge is -2.25. The van der Waals surface area contributed by atoms with E-state index in [2.05, 4.69) is 5.32 Å². The monoisotopic (exact) mass is 415 g/mol. The van der Waals surface area contributed by atoms with Gasteiger partial charge in [-0.05, 0) is 23.6 Å². The van der Waals surface area contributed by atoms with Crippen LogP contribution in [0.5, 0.6) is 11.5 Å². The molecule has 9 heteroatoms. The summed E-state index contributed by atoms with van der Waals surface area (Å²) in [5.74, 6) is -10.4. The fraction of sp³-hybridized carbons (Fsp3) is 0.350. The van der Waals surface area contributed by atoms with Crippen molar-refractivity contribution >= 4 is 5.91 Å². The van der Waals surface area contributed by atoms with Gasteiger partial charge in [0, 0.05) is 5.56 Å². The van der Waals surface area contributed by atoms with Crippen LogP contribution < -0.4 is 14.8 Å². The van der Waals surface area contributed by atoms with Gasteiger partial charge in [-0.25, -0.2) is 22.0 Å². The normalized spacial score (nSPS) is 14.1. The number of hydrogen-bond acceptors (Lipinski definition) is 3. The van der Waals surface area contributed by atoms with Crippen LogP contribution in [0, 0.1) is 35.0 Å². The number of ether oxygens (including phenoxy) is 2. The van der Waals surface area contributed by atoms with E-state index < -0.39 is 53.0 Å². The van der Waals surface area contributed by atoms with Gasteiger partial charge >= 0.3 is 0 Å². The van der Waals surface area contributed by atoms with E-state index in [9.17, 15) is 26.7 Å². The van der Waals surface area contributed by atoms with E-state index in [-0.39, 0.29) is 5.92 Å². The van der Waals surface area contributed by atoms with Gasteiger partial charge in [0.15, 0.2) is 34.8 Å². The van der Waals surface area contributed by atoms with Gasteiger partial charge in [0.05, 0.1) is 12.5 Å². The average Bonchev–Trinajstić information content (AvgIpc) is 2.71. The number of nitrogens with one attached hydrogen (secondary N) is 1. The molecule has 0 fully saturated rings. The Kier molecular flexibility index (Phi) is 5.95. The van der Waals surface area contributed by atoms with Gasteiger partial charge in [0.2, 0.25) is 11.7 Å². The summed E-state index contributed by atoms with van der Waals surface area (Å²) < 4.78 is 78.5. The summed E-state index contributed by atoms with van der Waals surface area (Å²) in [5, 5.41) is 2.59. The zero-order valence-electron chi connectivity index (χ0n) is 15.6. The molecule has 1 unspecified atom stereocenters. The van der Waals surface area contributed by atoms with Crippen LogP contribution in [0.1, 0.15) is 31.0 Å². The van der Waals surface area contributed by atoms with Crippen molar-refractivity contribution in [2.75, 3.05) is 13.2 Å². The van der Waals surface area contributed by atoms with Gasteiger partial charge in [-0.15, -0.1) is 0 Å². The standard InChI is InChI=1S/C20H18F5NO3/c1-9(2)20(10-3-4-12-13(7-10)29-6-5-28-12)26-14(27)8-11-15(21)17(23)19(25)18(24)16(11)22/h3-4,7,9,20H,5-6,8H2,1-2H3,(H,26,27). The number of fused-ring (bicyclic) bond motifs is 1. The van der Waals surface area contributed by atoms with Gasteiger partial charge in [-0.3, -0.25) is 4.79 Å². The third-order valence-electron chi connectivity index (χ3n) is 4.55. The molecule has 0 spiro atoms. The van der Waals surface area contributed by atoms with Crippen molar-refractivity contribution in [3.05, 3.63) is 58.4 Å². The Hall–Kier alpha value is -2.84. The van der Waals surface area contributed by atoms with Crippen molar-refractivity contribution in [2.45, 2.75) is 26.3 Å². The molecule has 1 amide bonds. The van der Waals surface area contributed by atoms with Crippen LogP contribution in [0.3, 0.4) is 0 Å². The Morgan fingerprint density at radius 1 is 0.931 bits per heavy atom. The highest BCUT2D eigenvalue weighted by atomic mass is 19.2. The van der Waals surface area contributed by atoms with Crippen molar-refractivity contribution < 1.29 is 36.2 Å². The highest BCUT2D eigenvalue weighted by Gasteiger charge is 2.28. The first-order valence-corrected chi connectivity index (χ1v) is 8.90. The van der Waals surface area contributed by atoms with Crippen LogP contribution in [0.25, 0.3) is 0 Å². The summed E-state index contributed by atoms with van der Waals surface area (Å²) in [6.07, 6.45) is -1.00. The highest BCUT2D eigenvalue weighted by molar-refractivity contribution is 5.79. The minimum Gasteiger partial charge on any atom is -0.486 e. The zero-order valence-corrected chi connectivity index (χ0v) is 15.6. The molecule has 0 saturated carbocycles. The second-order valence-corrected chi connectivity index (χ2v) is 6.92. The van der Waals surface area contributed by atoms with Gasteiger partial charge in [0.25, 0.3) is 0 Å². The molecule has 1 aliphatic rings. The van der Waals surface area contributed by atoms with E-state index in [1.807, 2.05) is 0 Å². The molecule has 1 heterocycles. The van der Waals surface area contributed by atoms with Crippen molar-refractivity contribution in [3.8, 4) is 11.5 Å². The largest absolute Gasteiger partial charge is 0.486 e. The predicted octanol–water partition coefficient (Wildman–Crippen LogP) is 4.21. The number of carbonyl (C=O) groups is 1. The number of rotatable bonds is 5. The Labute approximate surface area is 163 Å². The van der Waals surface area contributed by atoms with Crippen LogP contribution in [-0.2, 0) is 11.2 Å². The first-order valence-electron chi connectivity index (χ1n) is 8.90. The van der Waals surface area contributed by atoms with Crippen LogP contribution in [0.2, 0.25) is 0 Å². The number of halogens is 5. The molecule has 0 saturated heterocycles. The topological polar surface area (TPSA) is 47.6 Å². The van der Waals surface area contributed by atoms with Gasteiger partial charge in [-0.1, -0.05) is 19.9 Å². The van der Waals surface area contributed by atoms with E-state index in [4.69, 9.17) is 9.47 Å². The van der Waals surface area contributed by atoms with Crippen molar-refractivity contribution in [1.82, 2.24) is 5.32 Å². The van der Waals surface area contributed by atoms with E-state index in [1.54, 1.807) is 32.0 Å². The number of carbonyl (C=O) groups excluding carboxylic acids is 1. The molecule has 2 aromatic rings. The number of amides is 1. The maximum Gasteiger partial charge on any atom is 0.225 e. The summed E-state index contributed by atoms with van der Waals surface area (Å²) in [6, 6.07) is 4.48. The Morgan fingerprint density at radius 2 is 1.48 bits per heavy atom. The summed E-state index contributed by atoms with van der Waals surface area (Å²) in [7, 11) is 0. The first kappa shape index (κ1) is 20.9. The lowest BCUT2D eigenvalue weighted by molar-refractivity contribution is -0.121. The Morgan fingerprint density at radius 3 is 2.07 bits per heavy atom. The fourth-order valence-electron chi connectivity index (χ4n) is 3.08. The quantitative estimate of drug-likeness (QED) is 0.452. The molecule has 2 aromatic carbocycles. The fourth-order valence-corrected chi connectivity index (χ4v) is 3.08. The molecule has 156 valence electrons. The van der Waals surface area contributed by atoms with E-state index >= 15 is 0 Å². The molecule has 0 aromatic heterocycles. The molecule has 0 aliphatic carbocycles. The molecule has 0 bridgehead atoms. The third kappa shape index (κ3) is 4.13. The van der Waals surface area contributed by atoms with Crippen molar-refractivity contribution in [3.63, 3.8) is 0 Å². The summed E-state index contributed by atoms with van der Waals surface area (Å²) in [6.45, 7) is 4.40. The summed E-state index contributed by atoms with van der Waals surface area (Å²) in [5.41, 5.74) is -0.529. The predicted molar refractivity (Wildman–Crippen MR) is 93.1 cm³/mol. The second kappa shape index (κ2) is 8.26. The zero-order chi connectivity index (χ0) is 21.3. The van der Waals surface area contributed by atoms with Crippen LogP contribution in [0.4, 0.5) is 22.0 Å². The molecule has 1 N–H and O–H groups in total. The molecule has 29 heavy (non-hydrogen) atoms.